The minimum atomic E-state index is -3.92. The van der Waals surface area contributed by atoms with Crippen molar-refractivity contribution in [1.29, 1.82) is 0 Å². The van der Waals surface area contributed by atoms with E-state index in [4.69, 9.17) is 28.9 Å². The SMILES string of the molecule is Cn1cnnc1Sc1ccccc1NS(=O)(=O)c1cc(Cl)c(N)c(Cl)c1. The quantitative estimate of drug-likeness (QED) is 0.599. The molecule has 0 aliphatic carbocycles. The van der Waals surface area contributed by atoms with Crippen LogP contribution in [0.25, 0.3) is 0 Å². The van der Waals surface area contributed by atoms with Crippen LogP contribution in [0.5, 0.6) is 0 Å². The highest BCUT2D eigenvalue weighted by Gasteiger charge is 2.19. The van der Waals surface area contributed by atoms with Gasteiger partial charge in [-0.25, -0.2) is 8.42 Å². The van der Waals surface area contributed by atoms with Gasteiger partial charge in [0.15, 0.2) is 5.16 Å². The molecule has 26 heavy (non-hydrogen) atoms. The minimum Gasteiger partial charge on any atom is -0.396 e. The van der Waals surface area contributed by atoms with Gasteiger partial charge in [0.05, 0.1) is 26.3 Å². The van der Waals surface area contributed by atoms with E-state index in [1.165, 1.54) is 23.9 Å². The minimum absolute atomic E-state index is 0.0691. The number of anilines is 2. The molecule has 3 rings (SSSR count). The summed E-state index contributed by atoms with van der Waals surface area (Å²) < 4.78 is 29.7. The number of aromatic nitrogens is 3. The second-order valence-electron chi connectivity index (χ2n) is 5.23. The van der Waals surface area contributed by atoms with Crippen LogP contribution >= 0.6 is 35.0 Å². The van der Waals surface area contributed by atoms with Crippen LogP contribution in [0.1, 0.15) is 0 Å². The fraction of sp³-hybridized carbons (Fsp3) is 0.0667. The molecule has 0 aliphatic heterocycles. The second-order valence-corrected chi connectivity index (χ2v) is 8.73. The third-order valence-electron chi connectivity index (χ3n) is 3.37. The monoisotopic (exact) mass is 429 g/mol. The highest BCUT2D eigenvalue weighted by atomic mass is 35.5. The summed E-state index contributed by atoms with van der Waals surface area (Å²) in [6, 6.07) is 9.46. The number of benzene rings is 2. The Hall–Kier alpha value is -1.94. The van der Waals surface area contributed by atoms with Gasteiger partial charge in [0, 0.05) is 11.9 Å². The summed E-state index contributed by atoms with van der Waals surface area (Å²) in [6.45, 7) is 0. The zero-order valence-corrected chi connectivity index (χ0v) is 16.5. The molecule has 0 unspecified atom stereocenters. The van der Waals surface area contributed by atoms with Crippen molar-refractivity contribution in [2.75, 3.05) is 10.5 Å². The Bertz CT molecular complexity index is 1050. The number of halogens is 2. The van der Waals surface area contributed by atoms with E-state index in [1.54, 1.807) is 42.2 Å². The Morgan fingerprint density at radius 3 is 2.46 bits per heavy atom. The molecular formula is C15H13Cl2N5O2S2. The van der Waals surface area contributed by atoms with Gasteiger partial charge in [-0.1, -0.05) is 35.3 Å². The van der Waals surface area contributed by atoms with Crippen molar-refractivity contribution in [3.63, 3.8) is 0 Å². The predicted molar refractivity (Wildman–Crippen MR) is 103 cm³/mol. The first-order chi connectivity index (χ1) is 12.3. The summed E-state index contributed by atoms with van der Waals surface area (Å²) in [4.78, 5) is 0.583. The molecule has 1 heterocycles. The Kier molecular flexibility index (Phi) is 5.33. The predicted octanol–water partition coefficient (Wildman–Crippen LogP) is 3.66. The molecule has 0 spiro atoms. The molecule has 0 fully saturated rings. The van der Waals surface area contributed by atoms with E-state index in [0.29, 0.717) is 15.7 Å². The lowest BCUT2D eigenvalue weighted by atomic mass is 10.3. The number of aryl methyl sites for hydroxylation is 1. The van der Waals surface area contributed by atoms with Gasteiger partial charge >= 0.3 is 0 Å². The smallest absolute Gasteiger partial charge is 0.262 e. The molecular weight excluding hydrogens is 417 g/mol. The van der Waals surface area contributed by atoms with Crippen molar-refractivity contribution in [2.45, 2.75) is 14.9 Å². The summed E-state index contributed by atoms with van der Waals surface area (Å²) in [5, 5.41) is 8.56. The molecule has 0 bridgehead atoms. The molecule has 0 aliphatic rings. The molecule has 0 saturated carbocycles. The maximum absolute atomic E-state index is 12.7. The topological polar surface area (TPSA) is 103 Å². The highest BCUT2D eigenvalue weighted by Crippen LogP contribution is 2.35. The Balaban J connectivity index is 1.95. The van der Waals surface area contributed by atoms with Gasteiger partial charge in [0.1, 0.15) is 6.33 Å². The van der Waals surface area contributed by atoms with Gasteiger partial charge in [0.2, 0.25) is 0 Å². The van der Waals surface area contributed by atoms with Gasteiger partial charge in [-0.2, -0.15) is 0 Å². The van der Waals surface area contributed by atoms with Gasteiger partial charge in [-0.05, 0) is 36.0 Å². The number of nitrogens with one attached hydrogen (secondary N) is 1. The number of nitrogen functional groups attached to an aromatic ring is 1. The molecule has 2 aromatic carbocycles. The van der Waals surface area contributed by atoms with Crippen LogP contribution in [0.15, 0.2) is 57.7 Å². The van der Waals surface area contributed by atoms with Gasteiger partial charge in [-0.3, -0.25) is 4.72 Å². The normalized spacial score (nSPS) is 11.5. The van der Waals surface area contributed by atoms with Crippen LogP contribution in [-0.4, -0.2) is 23.2 Å². The number of hydrogen-bond donors (Lipinski definition) is 2. The second kappa shape index (κ2) is 7.36. The third-order valence-corrected chi connectivity index (χ3v) is 6.46. The first kappa shape index (κ1) is 18.8. The van der Waals surface area contributed by atoms with Crippen LogP contribution in [-0.2, 0) is 17.1 Å². The molecule has 7 nitrogen and oxygen atoms in total. The van der Waals surface area contributed by atoms with Crippen molar-refractivity contribution in [1.82, 2.24) is 14.8 Å². The van der Waals surface area contributed by atoms with Crippen LogP contribution in [0.2, 0.25) is 10.0 Å². The van der Waals surface area contributed by atoms with Gasteiger partial charge in [-0.15, -0.1) is 10.2 Å². The van der Waals surface area contributed by atoms with Crippen molar-refractivity contribution in [3.8, 4) is 0 Å². The summed E-state index contributed by atoms with van der Waals surface area (Å²) >= 11 is 13.2. The van der Waals surface area contributed by atoms with Crippen molar-refractivity contribution < 1.29 is 8.42 Å². The lowest BCUT2D eigenvalue weighted by Gasteiger charge is -2.13. The highest BCUT2D eigenvalue weighted by molar-refractivity contribution is 7.99. The van der Waals surface area contributed by atoms with E-state index in [9.17, 15) is 8.42 Å². The summed E-state index contributed by atoms with van der Waals surface area (Å²) in [7, 11) is -2.12. The van der Waals surface area contributed by atoms with Gasteiger partial charge < -0.3 is 10.3 Å². The Labute approximate surface area is 164 Å². The molecule has 0 saturated heterocycles. The lowest BCUT2D eigenvalue weighted by Crippen LogP contribution is -2.14. The number of rotatable bonds is 5. The molecule has 0 radical (unpaired) electrons. The molecule has 1 aromatic heterocycles. The van der Waals surface area contributed by atoms with Crippen LogP contribution < -0.4 is 10.5 Å². The van der Waals surface area contributed by atoms with Gasteiger partial charge in [0.25, 0.3) is 10.0 Å². The molecule has 0 atom stereocenters. The summed E-state index contributed by atoms with van der Waals surface area (Å²) in [5.74, 6) is 0. The first-order valence-electron chi connectivity index (χ1n) is 7.16. The average molecular weight is 430 g/mol. The van der Waals surface area contributed by atoms with E-state index < -0.39 is 10.0 Å². The molecule has 136 valence electrons. The Morgan fingerprint density at radius 2 is 1.85 bits per heavy atom. The number of nitrogens with two attached hydrogens (primary N) is 1. The fourth-order valence-corrected chi connectivity index (χ4v) is 4.69. The third kappa shape index (κ3) is 3.90. The number of nitrogens with zero attached hydrogens (tertiary/aromatic N) is 3. The van der Waals surface area contributed by atoms with E-state index >= 15 is 0 Å². The average Bonchev–Trinajstić information content (AvgIpc) is 2.98. The fourth-order valence-electron chi connectivity index (χ4n) is 2.02. The number of sulfonamides is 1. The maximum Gasteiger partial charge on any atom is 0.262 e. The van der Waals surface area contributed by atoms with Crippen molar-refractivity contribution in [2.24, 2.45) is 7.05 Å². The van der Waals surface area contributed by atoms with Crippen LogP contribution in [0.3, 0.4) is 0 Å². The molecule has 11 heteroatoms. The van der Waals surface area contributed by atoms with E-state index in [0.717, 1.165) is 0 Å². The van der Waals surface area contributed by atoms with E-state index in [-0.39, 0.29) is 20.6 Å². The largest absolute Gasteiger partial charge is 0.396 e. The van der Waals surface area contributed by atoms with Crippen molar-refractivity contribution >= 4 is 56.4 Å². The maximum atomic E-state index is 12.7. The van der Waals surface area contributed by atoms with Crippen LogP contribution in [0.4, 0.5) is 11.4 Å². The zero-order chi connectivity index (χ0) is 18.9. The van der Waals surface area contributed by atoms with Crippen LogP contribution in [0, 0.1) is 0 Å². The zero-order valence-electron chi connectivity index (χ0n) is 13.3. The Morgan fingerprint density at radius 1 is 1.19 bits per heavy atom. The van der Waals surface area contributed by atoms with E-state index in [1.807, 2.05) is 0 Å². The summed E-state index contributed by atoms with van der Waals surface area (Å²) in [5.41, 5.74) is 6.19. The van der Waals surface area contributed by atoms with E-state index in [2.05, 4.69) is 14.9 Å². The molecule has 0 amide bonds. The standard InChI is InChI=1S/C15H13Cl2N5O2S2/c1-22-8-19-20-15(22)25-13-5-3-2-4-12(13)21-26(23,24)9-6-10(16)14(18)11(17)7-9/h2-8,21H,18H2,1H3. The molecule has 3 aromatic rings. The van der Waals surface area contributed by atoms with Crippen molar-refractivity contribution in [3.05, 3.63) is 52.8 Å². The summed E-state index contributed by atoms with van der Waals surface area (Å²) in [6.07, 6.45) is 1.56. The molecule has 3 N–H and O–H groups in total. The number of para-hydroxylation sites is 1. The first-order valence-corrected chi connectivity index (χ1v) is 10.2. The lowest BCUT2D eigenvalue weighted by molar-refractivity contribution is 0.601. The number of hydrogen-bond acceptors (Lipinski definition) is 6.